The van der Waals surface area contributed by atoms with Crippen molar-refractivity contribution in [1.82, 2.24) is 0 Å². The number of rotatable bonds is 3. The van der Waals surface area contributed by atoms with Gasteiger partial charge in [-0.25, -0.2) is 4.79 Å². The topological polar surface area (TPSA) is 66.8 Å². The summed E-state index contributed by atoms with van der Waals surface area (Å²) in [6.07, 6.45) is 1.53. The molecule has 1 aromatic rings. The number of anilines is 1. The van der Waals surface area contributed by atoms with E-state index in [-0.39, 0.29) is 12.2 Å². The first-order valence-corrected chi connectivity index (χ1v) is 5.99. The molecule has 0 aromatic heterocycles. The van der Waals surface area contributed by atoms with Gasteiger partial charge < -0.3 is 14.7 Å². The van der Waals surface area contributed by atoms with Crippen LogP contribution in [0.15, 0.2) is 36.0 Å². The van der Waals surface area contributed by atoms with E-state index in [1.165, 1.54) is 6.20 Å². The van der Waals surface area contributed by atoms with Crippen LogP contribution in [0.2, 0.25) is 0 Å². The molecule has 0 amide bonds. The van der Waals surface area contributed by atoms with Crippen LogP contribution in [0.4, 0.5) is 5.69 Å². The zero-order valence-corrected chi connectivity index (χ0v) is 10.8. The molecule has 0 saturated carbocycles. The van der Waals surface area contributed by atoms with Crippen molar-refractivity contribution >= 4 is 17.6 Å². The number of hydrogen-bond donors (Lipinski definition) is 1. The van der Waals surface area contributed by atoms with E-state index in [9.17, 15) is 14.7 Å². The SMILES string of the molecule is CCOC(=O)C1=CN(C)c2ccccc2C1C(=O)O. The lowest BCUT2D eigenvalue weighted by molar-refractivity contribution is -0.143. The molecule has 1 atom stereocenters. The summed E-state index contributed by atoms with van der Waals surface area (Å²) in [5, 5.41) is 9.39. The second kappa shape index (κ2) is 5.14. The van der Waals surface area contributed by atoms with Crippen LogP contribution in [0.3, 0.4) is 0 Å². The average molecular weight is 261 g/mol. The van der Waals surface area contributed by atoms with Crippen molar-refractivity contribution in [2.75, 3.05) is 18.6 Å². The van der Waals surface area contributed by atoms with Crippen LogP contribution in [-0.2, 0) is 14.3 Å². The first-order valence-electron chi connectivity index (χ1n) is 5.99. The number of carbonyl (C=O) groups excluding carboxylic acids is 1. The molecular formula is C14H15NO4. The van der Waals surface area contributed by atoms with Gasteiger partial charge >= 0.3 is 11.9 Å². The Balaban J connectivity index is 2.51. The smallest absolute Gasteiger partial charge is 0.336 e. The molecule has 1 aliphatic rings. The maximum atomic E-state index is 11.9. The van der Waals surface area contributed by atoms with Gasteiger partial charge in [0.25, 0.3) is 0 Å². The van der Waals surface area contributed by atoms with Crippen molar-refractivity contribution in [3.8, 4) is 0 Å². The van der Waals surface area contributed by atoms with E-state index in [4.69, 9.17) is 4.74 Å². The Bertz CT molecular complexity index is 550. The summed E-state index contributed by atoms with van der Waals surface area (Å²) in [6.45, 7) is 1.91. The van der Waals surface area contributed by atoms with Crippen LogP contribution >= 0.6 is 0 Å². The van der Waals surface area contributed by atoms with Crippen LogP contribution in [0, 0.1) is 0 Å². The Kier molecular flexibility index (Phi) is 3.55. The van der Waals surface area contributed by atoms with Crippen molar-refractivity contribution in [2.24, 2.45) is 0 Å². The number of ether oxygens (including phenoxy) is 1. The van der Waals surface area contributed by atoms with Gasteiger partial charge in [0.1, 0.15) is 5.92 Å². The second-order valence-electron chi connectivity index (χ2n) is 4.25. The number of carbonyl (C=O) groups is 2. The first kappa shape index (κ1) is 13.1. The highest BCUT2D eigenvalue weighted by Crippen LogP contribution is 2.37. The molecule has 100 valence electrons. The number of fused-ring (bicyclic) bond motifs is 1. The predicted molar refractivity (Wildman–Crippen MR) is 69.9 cm³/mol. The maximum Gasteiger partial charge on any atom is 0.336 e. The monoisotopic (exact) mass is 261 g/mol. The molecule has 1 aromatic carbocycles. The lowest BCUT2D eigenvalue weighted by Crippen LogP contribution is -2.29. The summed E-state index contributed by atoms with van der Waals surface area (Å²) < 4.78 is 4.93. The minimum absolute atomic E-state index is 0.149. The van der Waals surface area contributed by atoms with Gasteiger partial charge in [0.15, 0.2) is 0 Å². The number of hydrogen-bond acceptors (Lipinski definition) is 4. The molecule has 0 fully saturated rings. The van der Waals surface area contributed by atoms with Crippen molar-refractivity contribution in [3.63, 3.8) is 0 Å². The fourth-order valence-corrected chi connectivity index (χ4v) is 2.22. The Morgan fingerprint density at radius 2 is 2.05 bits per heavy atom. The second-order valence-corrected chi connectivity index (χ2v) is 4.25. The molecule has 0 spiro atoms. The average Bonchev–Trinajstić information content (AvgIpc) is 2.38. The summed E-state index contributed by atoms with van der Waals surface area (Å²) in [6, 6.07) is 7.13. The highest BCUT2D eigenvalue weighted by atomic mass is 16.5. The zero-order valence-electron chi connectivity index (χ0n) is 10.8. The normalized spacial score (nSPS) is 17.5. The molecule has 5 heteroatoms. The lowest BCUT2D eigenvalue weighted by Gasteiger charge is -2.29. The molecular weight excluding hydrogens is 246 g/mol. The number of esters is 1. The predicted octanol–water partition coefficient (Wildman–Crippen LogP) is 1.75. The van der Waals surface area contributed by atoms with Crippen LogP contribution in [0.5, 0.6) is 0 Å². The van der Waals surface area contributed by atoms with Gasteiger partial charge in [0.05, 0.1) is 12.2 Å². The number of para-hydroxylation sites is 1. The van der Waals surface area contributed by atoms with Gasteiger partial charge in [-0.2, -0.15) is 0 Å². The molecule has 0 aliphatic carbocycles. The molecule has 2 rings (SSSR count). The maximum absolute atomic E-state index is 11.9. The summed E-state index contributed by atoms with van der Waals surface area (Å²) in [5.41, 5.74) is 1.53. The van der Waals surface area contributed by atoms with Gasteiger partial charge in [-0.3, -0.25) is 4.79 Å². The van der Waals surface area contributed by atoms with Crippen molar-refractivity contribution in [3.05, 3.63) is 41.6 Å². The third-order valence-corrected chi connectivity index (χ3v) is 3.03. The Morgan fingerprint density at radius 1 is 1.37 bits per heavy atom. The standard InChI is InChI=1S/C14H15NO4/c1-3-19-14(18)10-8-15(2)11-7-5-4-6-9(11)12(10)13(16)17/h4-8,12H,3H2,1-2H3,(H,16,17). The molecule has 0 saturated heterocycles. The summed E-state index contributed by atoms with van der Waals surface area (Å²) in [5.74, 6) is -2.62. The van der Waals surface area contributed by atoms with Crippen LogP contribution in [0.25, 0.3) is 0 Å². The summed E-state index contributed by atoms with van der Waals surface area (Å²) in [4.78, 5) is 25.1. The number of carboxylic acids is 1. The number of benzene rings is 1. The largest absolute Gasteiger partial charge is 0.481 e. The Morgan fingerprint density at radius 3 is 2.68 bits per heavy atom. The van der Waals surface area contributed by atoms with Gasteiger partial charge in [-0.15, -0.1) is 0 Å². The highest BCUT2D eigenvalue weighted by Gasteiger charge is 2.35. The number of aliphatic carboxylic acids is 1. The van der Waals surface area contributed by atoms with E-state index >= 15 is 0 Å². The van der Waals surface area contributed by atoms with Gasteiger partial charge in [-0.1, -0.05) is 18.2 Å². The minimum Gasteiger partial charge on any atom is -0.481 e. The molecule has 1 N–H and O–H groups in total. The van der Waals surface area contributed by atoms with E-state index in [1.807, 2.05) is 12.1 Å². The van der Waals surface area contributed by atoms with Gasteiger partial charge in [-0.05, 0) is 18.6 Å². The number of nitrogens with zero attached hydrogens (tertiary/aromatic N) is 1. The van der Waals surface area contributed by atoms with E-state index in [1.54, 1.807) is 31.0 Å². The Hall–Kier alpha value is -2.30. The molecule has 0 bridgehead atoms. The highest BCUT2D eigenvalue weighted by molar-refractivity contribution is 6.00. The van der Waals surface area contributed by atoms with Crippen LogP contribution < -0.4 is 4.90 Å². The molecule has 5 nitrogen and oxygen atoms in total. The van der Waals surface area contributed by atoms with E-state index in [0.29, 0.717) is 5.56 Å². The van der Waals surface area contributed by atoms with Gasteiger partial charge in [0.2, 0.25) is 0 Å². The fraction of sp³-hybridized carbons (Fsp3) is 0.286. The number of carboxylic acid groups (broad SMARTS) is 1. The molecule has 0 radical (unpaired) electrons. The molecule has 1 aliphatic heterocycles. The fourth-order valence-electron chi connectivity index (χ4n) is 2.22. The third-order valence-electron chi connectivity index (χ3n) is 3.03. The van der Waals surface area contributed by atoms with Crippen molar-refractivity contribution in [1.29, 1.82) is 0 Å². The quantitative estimate of drug-likeness (QED) is 0.840. The van der Waals surface area contributed by atoms with Crippen molar-refractivity contribution in [2.45, 2.75) is 12.8 Å². The zero-order chi connectivity index (χ0) is 14.0. The molecule has 1 unspecified atom stereocenters. The van der Waals surface area contributed by atoms with Crippen LogP contribution in [0.1, 0.15) is 18.4 Å². The van der Waals surface area contributed by atoms with E-state index in [2.05, 4.69) is 0 Å². The van der Waals surface area contributed by atoms with E-state index in [0.717, 1.165) is 5.69 Å². The Labute approximate surface area is 111 Å². The van der Waals surface area contributed by atoms with Crippen LogP contribution in [-0.4, -0.2) is 30.7 Å². The summed E-state index contributed by atoms with van der Waals surface area (Å²) >= 11 is 0. The van der Waals surface area contributed by atoms with Crippen molar-refractivity contribution < 1.29 is 19.4 Å². The van der Waals surface area contributed by atoms with Gasteiger partial charge in [0, 0.05) is 18.9 Å². The lowest BCUT2D eigenvalue weighted by atomic mass is 9.87. The third kappa shape index (κ3) is 2.31. The molecule has 19 heavy (non-hydrogen) atoms. The minimum atomic E-state index is -1.06. The molecule has 1 heterocycles. The first-order chi connectivity index (χ1) is 9.06. The summed E-state index contributed by atoms with van der Waals surface area (Å²) in [7, 11) is 1.77. The van der Waals surface area contributed by atoms with E-state index < -0.39 is 17.9 Å².